The molecule has 3 aliphatic carbocycles. The Hall–Kier alpha value is -3.43. The van der Waals surface area contributed by atoms with Gasteiger partial charge in [0, 0.05) is 19.4 Å². The Morgan fingerprint density at radius 2 is 1.59 bits per heavy atom. The van der Waals surface area contributed by atoms with E-state index in [1.165, 1.54) is 31.4 Å². The SMILES string of the molecule is CO[C@H]1O[C@@]2(C)CC(=O)[C@H]3C[C@]2(O[C@@H]2O[C@H](COC(=O)c4ccc(O)cc4)[C@@H](O)[C@H](O)[C@H]2O)[C@@]13COC(=O)c1ccccc1. The molecule has 0 amide bonds. The van der Waals surface area contributed by atoms with Crippen molar-refractivity contribution in [3.05, 3.63) is 65.7 Å². The molecule has 2 saturated heterocycles. The molecule has 0 radical (unpaired) electrons. The summed E-state index contributed by atoms with van der Waals surface area (Å²) >= 11 is 0. The highest BCUT2D eigenvalue weighted by atomic mass is 16.8. The fourth-order valence-corrected chi connectivity index (χ4v) is 7.21. The Kier molecular flexibility index (Phi) is 7.77. The number of esters is 2. The van der Waals surface area contributed by atoms with Crippen LogP contribution in [0.5, 0.6) is 5.75 Å². The minimum atomic E-state index is -1.75. The van der Waals surface area contributed by atoms with Gasteiger partial charge >= 0.3 is 11.9 Å². The molecule has 5 fully saturated rings. The number of rotatable bonds is 9. The molecule has 44 heavy (non-hydrogen) atoms. The van der Waals surface area contributed by atoms with Crippen LogP contribution in [-0.4, -0.2) is 107 Å². The van der Waals surface area contributed by atoms with E-state index < -0.39 is 78.1 Å². The van der Waals surface area contributed by atoms with Crippen molar-refractivity contribution in [2.45, 2.75) is 68.0 Å². The zero-order valence-electron chi connectivity index (χ0n) is 24.0. The number of ether oxygens (including phenoxy) is 6. The van der Waals surface area contributed by atoms with Gasteiger partial charge in [-0.2, -0.15) is 0 Å². The van der Waals surface area contributed by atoms with E-state index in [-0.39, 0.29) is 36.5 Å². The number of hydrogen-bond acceptors (Lipinski definition) is 13. The molecule has 236 valence electrons. The smallest absolute Gasteiger partial charge is 0.338 e. The molecular weight excluding hydrogens is 580 g/mol. The lowest BCUT2D eigenvalue weighted by molar-refractivity contribution is -0.381. The van der Waals surface area contributed by atoms with Gasteiger partial charge < -0.3 is 48.8 Å². The fraction of sp³-hybridized carbons (Fsp3) is 0.516. The molecule has 7 rings (SSSR count). The Bertz CT molecular complexity index is 1420. The third kappa shape index (κ3) is 4.53. The van der Waals surface area contributed by atoms with Gasteiger partial charge in [-0.15, -0.1) is 0 Å². The average Bonchev–Trinajstić information content (AvgIpc) is 3.09. The van der Waals surface area contributed by atoms with E-state index in [4.69, 9.17) is 28.4 Å². The van der Waals surface area contributed by atoms with Gasteiger partial charge in [0.15, 0.2) is 12.6 Å². The van der Waals surface area contributed by atoms with Crippen LogP contribution in [0.2, 0.25) is 0 Å². The van der Waals surface area contributed by atoms with E-state index in [2.05, 4.69) is 0 Å². The third-order valence-electron chi connectivity index (χ3n) is 9.54. The molecule has 2 aromatic rings. The summed E-state index contributed by atoms with van der Waals surface area (Å²) in [4.78, 5) is 38.7. The van der Waals surface area contributed by atoms with Crippen LogP contribution in [0.4, 0.5) is 0 Å². The maximum atomic E-state index is 13.3. The number of aliphatic hydroxyl groups excluding tert-OH is 3. The summed E-state index contributed by atoms with van der Waals surface area (Å²) in [5, 5.41) is 41.8. The first-order valence-corrected chi connectivity index (χ1v) is 14.3. The molecule has 5 aliphatic rings. The molecule has 2 aliphatic heterocycles. The summed E-state index contributed by atoms with van der Waals surface area (Å²) in [6, 6.07) is 13.6. The Balaban J connectivity index is 1.25. The van der Waals surface area contributed by atoms with E-state index in [9.17, 15) is 34.8 Å². The van der Waals surface area contributed by atoms with Crippen molar-refractivity contribution < 1.29 is 63.2 Å². The quantitative estimate of drug-likeness (QED) is 0.290. The van der Waals surface area contributed by atoms with Crippen LogP contribution in [0, 0.1) is 11.3 Å². The lowest BCUT2D eigenvalue weighted by Gasteiger charge is -2.66. The van der Waals surface area contributed by atoms with Gasteiger partial charge in [-0.3, -0.25) is 4.79 Å². The van der Waals surface area contributed by atoms with Gasteiger partial charge in [-0.1, -0.05) is 18.2 Å². The van der Waals surface area contributed by atoms with Crippen molar-refractivity contribution in [3.63, 3.8) is 0 Å². The normalized spacial score (nSPS) is 38.9. The van der Waals surface area contributed by atoms with Gasteiger partial charge in [0.05, 0.1) is 16.5 Å². The molecular formula is C31H34O13. The molecule has 2 aromatic carbocycles. The van der Waals surface area contributed by atoms with Crippen LogP contribution in [-0.2, 0) is 33.2 Å². The molecule has 4 bridgehead atoms. The molecule has 4 N–H and O–H groups in total. The van der Waals surface area contributed by atoms with Crippen LogP contribution >= 0.6 is 0 Å². The number of Topliss-reactive ketones (excluding diaryl/α,β-unsaturated/α-hetero) is 1. The number of hydrogen-bond donors (Lipinski definition) is 4. The maximum Gasteiger partial charge on any atom is 0.338 e. The average molecular weight is 615 g/mol. The summed E-state index contributed by atoms with van der Waals surface area (Å²) in [6.07, 6.45) is -8.96. The van der Waals surface area contributed by atoms with Gasteiger partial charge in [0.2, 0.25) is 0 Å². The lowest BCUT2D eigenvalue weighted by atomic mass is 9.41. The predicted molar refractivity (Wildman–Crippen MR) is 146 cm³/mol. The summed E-state index contributed by atoms with van der Waals surface area (Å²) in [5.74, 6) is -2.22. The minimum absolute atomic E-state index is 0.0401. The number of benzene rings is 2. The van der Waals surface area contributed by atoms with Crippen molar-refractivity contribution in [1.29, 1.82) is 0 Å². The van der Waals surface area contributed by atoms with Gasteiger partial charge in [-0.05, 0) is 49.7 Å². The molecule has 2 heterocycles. The number of fused-ring (bicyclic) bond motifs is 1. The fourth-order valence-electron chi connectivity index (χ4n) is 7.21. The lowest BCUT2D eigenvalue weighted by Crippen LogP contribution is -2.80. The third-order valence-corrected chi connectivity index (χ3v) is 9.54. The number of phenols is 1. The standard InChI is InChI=1S/C31H34O13/c1-29-13-20(33)19-12-31(29,30(19,28(39-2)44-29)15-41-26(38)16-6-4-3-5-7-16)43-27-24(36)23(35)22(34)21(42-27)14-40-25(37)17-8-10-18(32)11-9-17/h3-11,19,21-24,27-28,32,34-36H,12-15H2,1-2H3/t19-,21-,22-,23+,24-,27+,28+,29+,30-,31-/m1/s1. The van der Waals surface area contributed by atoms with Crippen LogP contribution in [0.25, 0.3) is 0 Å². The molecule has 3 saturated carbocycles. The number of carbonyl (C=O) groups excluding carboxylic acids is 3. The highest BCUT2D eigenvalue weighted by Gasteiger charge is 2.87. The van der Waals surface area contributed by atoms with Crippen molar-refractivity contribution >= 4 is 17.7 Å². The molecule has 0 spiro atoms. The molecule has 13 nitrogen and oxygen atoms in total. The number of aromatic hydroxyl groups is 1. The molecule has 13 heteroatoms. The largest absolute Gasteiger partial charge is 0.508 e. The number of phenolic OH excluding ortho intramolecular Hbond substituents is 1. The monoisotopic (exact) mass is 614 g/mol. The summed E-state index contributed by atoms with van der Waals surface area (Å²) in [7, 11) is 1.40. The van der Waals surface area contributed by atoms with Crippen molar-refractivity contribution in [1.82, 2.24) is 0 Å². The highest BCUT2D eigenvalue weighted by molar-refractivity contribution is 5.91. The van der Waals surface area contributed by atoms with E-state index in [0.29, 0.717) is 5.56 Å². The summed E-state index contributed by atoms with van der Waals surface area (Å²) in [6.45, 7) is 0.851. The van der Waals surface area contributed by atoms with Crippen molar-refractivity contribution in [2.24, 2.45) is 11.3 Å². The first kappa shape index (κ1) is 30.6. The number of methoxy groups -OCH3 is 1. The van der Waals surface area contributed by atoms with Crippen LogP contribution < -0.4 is 0 Å². The topological polar surface area (TPSA) is 188 Å². The first-order valence-electron chi connectivity index (χ1n) is 14.3. The Morgan fingerprint density at radius 3 is 2.27 bits per heavy atom. The zero-order chi connectivity index (χ0) is 31.4. The van der Waals surface area contributed by atoms with Crippen LogP contribution in [0.1, 0.15) is 40.5 Å². The van der Waals surface area contributed by atoms with E-state index in [1.807, 2.05) is 0 Å². The Labute approximate surface area is 252 Å². The zero-order valence-corrected chi connectivity index (χ0v) is 24.0. The van der Waals surface area contributed by atoms with Crippen LogP contribution in [0.3, 0.4) is 0 Å². The van der Waals surface area contributed by atoms with Crippen molar-refractivity contribution in [2.75, 3.05) is 20.3 Å². The summed E-state index contributed by atoms with van der Waals surface area (Å²) in [5.41, 5.74) is -3.55. The second-order valence-electron chi connectivity index (χ2n) is 11.9. The van der Waals surface area contributed by atoms with Gasteiger partial charge in [-0.25, -0.2) is 9.59 Å². The number of aliphatic hydroxyl groups is 3. The van der Waals surface area contributed by atoms with Gasteiger partial charge in [0.1, 0.15) is 60.4 Å². The van der Waals surface area contributed by atoms with Crippen LogP contribution in [0.15, 0.2) is 54.6 Å². The second-order valence-corrected chi connectivity index (χ2v) is 11.9. The second kappa shape index (κ2) is 11.2. The Morgan fingerprint density at radius 1 is 0.932 bits per heavy atom. The maximum absolute atomic E-state index is 13.3. The minimum Gasteiger partial charge on any atom is -0.508 e. The van der Waals surface area contributed by atoms with E-state index in [1.54, 1.807) is 37.3 Å². The number of ketones is 1. The predicted octanol–water partition coefficient (Wildman–Crippen LogP) is 0.709. The summed E-state index contributed by atoms with van der Waals surface area (Å²) < 4.78 is 35.4. The van der Waals surface area contributed by atoms with E-state index in [0.717, 1.165) is 0 Å². The van der Waals surface area contributed by atoms with E-state index >= 15 is 0 Å². The van der Waals surface area contributed by atoms with Crippen molar-refractivity contribution in [3.8, 4) is 5.75 Å². The first-order chi connectivity index (χ1) is 21.0. The number of carbonyl (C=O) groups is 3. The highest BCUT2D eigenvalue weighted by Crippen LogP contribution is 2.74. The molecule has 0 aromatic heterocycles. The molecule has 10 atom stereocenters. The molecule has 0 unspecified atom stereocenters. The van der Waals surface area contributed by atoms with Gasteiger partial charge in [0.25, 0.3) is 0 Å².